The van der Waals surface area contributed by atoms with E-state index in [9.17, 15) is 23.6 Å². The molecule has 11 heteroatoms. The molecule has 4 rings (SSSR count). The van der Waals surface area contributed by atoms with Gasteiger partial charge in [-0.05, 0) is 31.2 Å². The predicted octanol–water partition coefficient (Wildman–Crippen LogP) is 0.127. The van der Waals surface area contributed by atoms with Gasteiger partial charge in [0.25, 0.3) is 0 Å². The Morgan fingerprint density at radius 1 is 1.18 bits per heavy atom. The summed E-state index contributed by atoms with van der Waals surface area (Å²) < 4.78 is 13.4. The molecule has 3 unspecified atom stereocenters. The summed E-state index contributed by atoms with van der Waals surface area (Å²) in [4.78, 5) is 57.1. The maximum absolute atomic E-state index is 13.5. The van der Waals surface area contributed by atoms with Gasteiger partial charge >= 0.3 is 6.03 Å². The molecule has 0 radical (unpaired) electrons. The number of urea groups is 1. The lowest BCUT2D eigenvalue weighted by Gasteiger charge is -2.52. The number of rotatable bonds is 4. The molecule has 3 aliphatic rings. The molecular weight excluding hydrogens is 431 g/mol. The van der Waals surface area contributed by atoms with E-state index in [1.165, 1.54) is 29.2 Å². The Morgan fingerprint density at radius 2 is 1.91 bits per heavy atom. The molecule has 178 valence electrons. The summed E-state index contributed by atoms with van der Waals surface area (Å²) in [6.07, 6.45) is 0.260. The van der Waals surface area contributed by atoms with Gasteiger partial charge in [0.1, 0.15) is 12.4 Å². The topological polar surface area (TPSA) is 105 Å². The number of carbonyl (C=O) groups excluding carboxylic acids is 4. The monoisotopic (exact) mass is 460 g/mol. The van der Waals surface area contributed by atoms with Gasteiger partial charge in [0.05, 0.1) is 12.1 Å². The minimum absolute atomic E-state index is 0.0346. The van der Waals surface area contributed by atoms with Gasteiger partial charge in [-0.15, -0.1) is 0 Å². The van der Waals surface area contributed by atoms with Crippen LogP contribution in [0.1, 0.15) is 13.3 Å². The molecule has 1 aromatic rings. The molecule has 5 amide bonds. The van der Waals surface area contributed by atoms with Crippen molar-refractivity contribution in [3.63, 3.8) is 0 Å². The number of piperidine rings is 1. The molecule has 0 saturated carbocycles. The first-order chi connectivity index (χ1) is 15.8. The van der Waals surface area contributed by atoms with Crippen molar-refractivity contribution in [2.24, 2.45) is 5.92 Å². The molecule has 0 aliphatic carbocycles. The van der Waals surface area contributed by atoms with E-state index in [0.29, 0.717) is 32.7 Å². The highest BCUT2D eigenvalue weighted by atomic mass is 19.1. The average Bonchev–Trinajstić information content (AvgIpc) is 2.80. The fraction of sp³-hybridized carbons (Fsp3) is 0.545. The molecule has 3 aliphatic heterocycles. The smallest absolute Gasteiger partial charge is 0.328 e. The lowest BCUT2D eigenvalue weighted by atomic mass is 9.85. The SMILES string of the molecule is CC(=O)N1CCN(C2CCNC3C2C(=O)N(CC(=O)Nc2cccc(F)c2)C(=O)N3C)CC1. The number of imide groups is 1. The average molecular weight is 461 g/mol. The van der Waals surface area contributed by atoms with E-state index in [1.54, 1.807) is 18.9 Å². The van der Waals surface area contributed by atoms with Gasteiger partial charge in [0, 0.05) is 51.9 Å². The van der Waals surface area contributed by atoms with Crippen LogP contribution in [0.3, 0.4) is 0 Å². The largest absolute Gasteiger partial charge is 0.340 e. The van der Waals surface area contributed by atoms with Crippen LogP contribution in [0.4, 0.5) is 14.9 Å². The van der Waals surface area contributed by atoms with Gasteiger partial charge in [-0.1, -0.05) is 6.07 Å². The van der Waals surface area contributed by atoms with Gasteiger partial charge in [-0.2, -0.15) is 0 Å². The van der Waals surface area contributed by atoms with Crippen molar-refractivity contribution >= 4 is 29.4 Å². The van der Waals surface area contributed by atoms with Gasteiger partial charge in [-0.25, -0.2) is 9.18 Å². The van der Waals surface area contributed by atoms with Crippen LogP contribution in [-0.4, -0.2) is 102 Å². The Kier molecular flexibility index (Phi) is 6.61. The molecule has 33 heavy (non-hydrogen) atoms. The number of nitrogens with zero attached hydrogens (tertiary/aromatic N) is 4. The number of halogens is 1. The van der Waals surface area contributed by atoms with E-state index in [2.05, 4.69) is 15.5 Å². The standard InChI is InChI=1S/C22H29FN6O4/c1-14(30)27-8-10-28(11-9-27)17-6-7-24-20-19(17)21(32)29(22(33)26(20)2)13-18(31)25-16-5-3-4-15(23)12-16/h3-5,12,17,19-20,24H,6-11,13H2,1-2H3,(H,25,31). The number of benzene rings is 1. The third kappa shape index (κ3) is 4.69. The van der Waals surface area contributed by atoms with E-state index in [-0.39, 0.29) is 17.6 Å². The second-order valence-electron chi connectivity index (χ2n) is 8.70. The van der Waals surface area contributed by atoms with Crippen LogP contribution in [0.5, 0.6) is 0 Å². The third-order valence-electron chi connectivity index (χ3n) is 6.69. The van der Waals surface area contributed by atoms with Gasteiger partial charge in [0.15, 0.2) is 0 Å². The molecule has 2 N–H and O–H groups in total. The van der Waals surface area contributed by atoms with Crippen molar-refractivity contribution in [1.29, 1.82) is 0 Å². The van der Waals surface area contributed by atoms with Gasteiger partial charge in [-0.3, -0.25) is 29.5 Å². The van der Waals surface area contributed by atoms with Crippen molar-refractivity contribution < 1.29 is 23.6 Å². The molecule has 10 nitrogen and oxygen atoms in total. The third-order valence-corrected chi connectivity index (χ3v) is 6.69. The predicted molar refractivity (Wildman–Crippen MR) is 117 cm³/mol. The fourth-order valence-electron chi connectivity index (χ4n) is 4.99. The fourth-order valence-corrected chi connectivity index (χ4v) is 4.99. The van der Waals surface area contributed by atoms with Crippen molar-refractivity contribution in [3.05, 3.63) is 30.1 Å². The summed E-state index contributed by atoms with van der Waals surface area (Å²) >= 11 is 0. The van der Waals surface area contributed by atoms with Crippen molar-refractivity contribution in [1.82, 2.24) is 24.9 Å². The lowest BCUT2D eigenvalue weighted by molar-refractivity contribution is -0.148. The molecule has 0 spiro atoms. The summed E-state index contributed by atoms with van der Waals surface area (Å²) in [5, 5.41) is 5.81. The molecule has 3 heterocycles. The minimum Gasteiger partial charge on any atom is -0.340 e. The van der Waals surface area contributed by atoms with Crippen LogP contribution in [0.2, 0.25) is 0 Å². The van der Waals surface area contributed by atoms with Crippen LogP contribution in [0.25, 0.3) is 0 Å². The first kappa shape index (κ1) is 23.1. The summed E-state index contributed by atoms with van der Waals surface area (Å²) in [7, 11) is 1.62. The first-order valence-electron chi connectivity index (χ1n) is 11.1. The molecule has 3 fully saturated rings. The number of carbonyl (C=O) groups is 4. The molecule has 3 atom stereocenters. The Morgan fingerprint density at radius 3 is 2.58 bits per heavy atom. The van der Waals surface area contributed by atoms with Crippen LogP contribution in [-0.2, 0) is 14.4 Å². The minimum atomic E-state index is -0.579. The molecule has 0 aromatic heterocycles. The summed E-state index contributed by atoms with van der Waals surface area (Å²) in [5.41, 5.74) is 0.253. The Bertz CT molecular complexity index is 951. The zero-order valence-electron chi connectivity index (χ0n) is 18.8. The number of nitrogens with one attached hydrogen (secondary N) is 2. The highest BCUT2D eigenvalue weighted by Crippen LogP contribution is 2.31. The summed E-state index contributed by atoms with van der Waals surface area (Å²) in [6.45, 7) is 4.25. The van der Waals surface area contributed by atoms with E-state index in [4.69, 9.17) is 0 Å². The highest BCUT2D eigenvalue weighted by molar-refractivity contribution is 6.04. The Balaban J connectivity index is 1.48. The number of piperazine rings is 1. The van der Waals surface area contributed by atoms with E-state index in [1.807, 2.05) is 0 Å². The molecular formula is C22H29FN6O4. The number of fused-ring (bicyclic) bond motifs is 1. The van der Waals surface area contributed by atoms with Gasteiger partial charge < -0.3 is 15.1 Å². The van der Waals surface area contributed by atoms with E-state index >= 15 is 0 Å². The summed E-state index contributed by atoms with van der Waals surface area (Å²) in [6, 6.07) is 4.76. The highest BCUT2D eigenvalue weighted by Gasteiger charge is 2.51. The van der Waals surface area contributed by atoms with Crippen LogP contribution < -0.4 is 10.6 Å². The number of anilines is 1. The maximum Gasteiger partial charge on any atom is 0.328 e. The molecule has 0 bridgehead atoms. The van der Waals surface area contributed by atoms with Crippen molar-refractivity contribution in [2.45, 2.75) is 25.6 Å². The zero-order chi connectivity index (χ0) is 23.7. The number of hydrogen-bond donors (Lipinski definition) is 2. The van der Waals surface area contributed by atoms with Crippen LogP contribution >= 0.6 is 0 Å². The second kappa shape index (κ2) is 9.44. The lowest BCUT2D eigenvalue weighted by Crippen LogP contribution is -2.72. The van der Waals surface area contributed by atoms with Crippen molar-refractivity contribution in [3.8, 4) is 0 Å². The second-order valence-corrected chi connectivity index (χ2v) is 8.70. The van der Waals surface area contributed by atoms with Crippen molar-refractivity contribution in [2.75, 3.05) is 51.6 Å². The van der Waals surface area contributed by atoms with Crippen LogP contribution in [0, 0.1) is 11.7 Å². The van der Waals surface area contributed by atoms with Crippen LogP contribution in [0.15, 0.2) is 24.3 Å². The zero-order valence-corrected chi connectivity index (χ0v) is 18.8. The Hall–Kier alpha value is -3.05. The number of amides is 5. The number of hydrogen-bond acceptors (Lipinski definition) is 6. The normalized spacial score (nSPS) is 26.3. The van der Waals surface area contributed by atoms with E-state index < -0.39 is 42.3 Å². The Labute approximate surface area is 191 Å². The molecule has 3 saturated heterocycles. The quantitative estimate of drug-likeness (QED) is 0.662. The summed E-state index contributed by atoms with van der Waals surface area (Å²) in [5.74, 6) is -1.98. The first-order valence-corrected chi connectivity index (χ1v) is 11.1. The van der Waals surface area contributed by atoms with E-state index in [0.717, 1.165) is 11.3 Å². The van der Waals surface area contributed by atoms with Gasteiger partial charge in [0.2, 0.25) is 17.7 Å². The maximum atomic E-state index is 13.5. The molecule has 1 aromatic carbocycles.